The molecule has 3 aliphatic rings. The molecule has 2 amide bonds. The summed E-state index contributed by atoms with van der Waals surface area (Å²) in [5, 5.41) is 3.13. The van der Waals surface area contributed by atoms with Crippen molar-refractivity contribution in [2.24, 2.45) is 11.8 Å². The monoisotopic (exact) mass is 279 g/mol. The Morgan fingerprint density at radius 3 is 2.55 bits per heavy atom. The summed E-state index contributed by atoms with van der Waals surface area (Å²) >= 11 is 0. The van der Waals surface area contributed by atoms with E-state index in [1.807, 2.05) is 0 Å². The number of urea groups is 1. The van der Waals surface area contributed by atoms with Gasteiger partial charge in [-0.2, -0.15) is 0 Å². The van der Waals surface area contributed by atoms with Crippen LogP contribution in [-0.2, 0) is 0 Å². The molecule has 0 aromatic carbocycles. The van der Waals surface area contributed by atoms with Gasteiger partial charge in [-0.3, -0.25) is 0 Å². The van der Waals surface area contributed by atoms with Gasteiger partial charge in [0.1, 0.15) is 0 Å². The Morgan fingerprint density at radius 2 is 1.85 bits per heavy atom. The van der Waals surface area contributed by atoms with Crippen molar-refractivity contribution in [1.29, 1.82) is 0 Å². The Labute approximate surface area is 122 Å². The molecule has 2 saturated heterocycles. The van der Waals surface area contributed by atoms with E-state index in [0.29, 0.717) is 12.0 Å². The van der Waals surface area contributed by atoms with Crippen molar-refractivity contribution in [3.63, 3.8) is 0 Å². The first-order valence-electron chi connectivity index (χ1n) is 8.48. The van der Waals surface area contributed by atoms with Crippen LogP contribution in [0, 0.1) is 11.8 Å². The van der Waals surface area contributed by atoms with Crippen LogP contribution in [0.1, 0.15) is 45.4 Å². The number of nitrogens with one attached hydrogen (secondary N) is 1. The van der Waals surface area contributed by atoms with E-state index >= 15 is 0 Å². The molecular formula is C16H29N3O. The molecule has 1 aliphatic carbocycles. The Morgan fingerprint density at radius 1 is 1.10 bits per heavy atom. The van der Waals surface area contributed by atoms with Crippen LogP contribution < -0.4 is 5.32 Å². The van der Waals surface area contributed by atoms with Crippen molar-refractivity contribution in [2.75, 3.05) is 32.7 Å². The van der Waals surface area contributed by atoms with E-state index in [-0.39, 0.29) is 6.03 Å². The number of hydrogen-bond donors (Lipinski definition) is 1. The molecule has 1 atom stereocenters. The van der Waals surface area contributed by atoms with Crippen molar-refractivity contribution in [1.82, 2.24) is 15.1 Å². The van der Waals surface area contributed by atoms with Crippen molar-refractivity contribution in [3.05, 3.63) is 0 Å². The van der Waals surface area contributed by atoms with Gasteiger partial charge in [-0.05, 0) is 63.5 Å². The molecule has 20 heavy (non-hydrogen) atoms. The number of amides is 2. The number of nitrogens with zero attached hydrogens (tertiary/aromatic N) is 2. The van der Waals surface area contributed by atoms with Gasteiger partial charge < -0.3 is 15.1 Å². The highest BCUT2D eigenvalue weighted by Gasteiger charge is 2.29. The van der Waals surface area contributed by atoms with Gasteiger partial charge in [-0.25, -0.2) is 4.79 Å². The Bertz CT molecular complexity index is 335. The molecule has 0 aromatic rings. The topological polar surface area (TPSA) is 35.6 Å². The molecule has 1 saturated carbocycles. The molecule has 0 spiro atoms. The molecule has 0 aromatic heterocycles. The SMILES string of the molecule is CC1CCN(CC2CCCN(C(=O)NC3CC3)C2)CC1. The highest BCUT2D eigenvalue weighted by atomic mass is 16.2. The third kappa shape index (κ3) is 3.87. The molecule has 3 fully saturated rings. The number of hydrogen-bond acceptors (Lipinski definition) is 2. The zero-order valence-corrected chi connectivity index (χ0v) is 12.8. The summed E-state index contributed by atoms with van der Waals surface area (Å²) in [6, 6.07) is 0.663. The molecule has 1 N–H and O–H groups in total. The third-order valence-electron chi connectivity index (χ3n) is 5.10. The number of likely N-dealkylation sites (tertiary alicyclic amines) is 2. The summed E-state index contributed by atoms with van der Waals surface area (Å²) in [5.41, 5.74) is 0. The predicted molar refractivity (Wildman–Crippen MR) is 80.7 cm³/mol. The van der Waals surface area contributed by atoms with E-state index in [1.165, 1.54) is 58.2 Å². The Balaban J connectivity index is 1.43. The summed E-state index contributed by atoms with van der Waals surface area (Å²) in [4.78, 5) is 16.8. The molecule has 0 radical (unpaired) electrons. The second-order valence-corrected chi connectivity index (χ2v) is 7.16. The van der Waals surface area contributed by atoms with Gasteiger partial charge in [-0.1, -0.05) is 6.92 Å². The van der Waals surface area contributed by atoms with Crippen LogP contribution in [0.25, 0.3) is 0 Å². The highest BCUT2D eigenvalue weighted by molar-refractivity contribution is 5.75. The van der Waals surface area contributed by atoms with Gasteiger partial charge in [0, 0.05) is 25.7 Å². The second kappa shape index (κ2) is 6.33. The van der Waals surface area contributed by atoms with Gasteiger partial charge in [0.25, 0.3) is 0 Å². The van der Waals surface area contributed by atoms with E-state index in [2.05, 4.69) is 22.0 Å². The molecule has 2 heterocycles. The minimum Gasteiger partial charge on any atom is -0.335 e. The van der Waals surface area contributed by atoms with Crippen molar-refractivity contribution in [2.45, 2.75) is 51.5 Å². The lowest BCUT2D eigenvalue weighted by molar-refractivity contribution is 0.120. The minimum atomic E-state index is 0.185. The average molecular weight is 279 g/mol. The summed E-state index contributed by atoms with van der Waals surface area (Å²) in [6.45, 7) is 7.98. The number of carbonyl (C=O) groups excluding carboxylic acids is 1. The van der Waals surface area contributed by atoms with Gasteiger partial charge >= 0.3 is 6.03 Å². The fraction of sp³-hybridized carbons (Fsp3) is 0.938. The fourth-order valence-electron chi connectivity index (χ4n) is 3.50. The first-order chi connectivity index (χ1) is 9.70. The maximum Gasteiger partial charge on any atom is 0.317 e. The predicted octanol–water partition coefficient (Wildman–Crippen LogP) is 2.30. The van der Waals surface area contributed by atoms with Gasteiger partial charge in [0.15, 0.2) is 0 Å². The summed E-state index contributed by atoms with van der Waals surface area (Å²) in [6.07, 6.45) is 7.51. The molecule has 114 valence electrons. The summed E-state index contributed by atoms with van der Waals surface area (Å²) in [5.74, 6) is 1.58. The van der Waals surface area contributed by atoms with Crippen LogP contribution in [0.2, 0.25) is 0 Å². The largest absolute Gasteiger partial charge is 0.335 e. The zero-order chi connectivity index (χ0) is 13.9. The first kappa shape index (κ1) is 14.2. The maximum absolute atomic E-state index is 12.1. The van der Waals surface area contributed by atoms with Crippen LogP contribution in [0.15, 0.2) is 0 Å². The second-order valence-electron chi connectivity index (χ2n) is 7.16. The average Bonchev–Trinajstić information content (AvgIpc) is 3.26. The normalized spacial score (nSPS) is 29.4. The maximum atomic E-state index is 12.1. The molecule has 4 heteroatoms. The van der Waals surface area contributed by atoms with E-state index in [1.54, 1.807) is 0 Å². The molecule has 0 bridgehead atoms. The molecule has 3 rings (SSSR count). The van der Waals surface area contributed by atoms with E-state index in [0.717, 1.165) is 19.0 Å². The van der Waals surface area contributed by atoms with Crippen LogP contribution >= 0.6 is 0 Å². The van der Waals surface area contributed by atoms with E-state index in [4.69, 9.17) is 0 Å². The smallest absolute Gasteiger partial charge is 0.317 e. The molecular weight excluding hydrogens is 250 g/mol. The Hall–Kier alpha value is -0.770. The van der Waals surface area contributed by atoms with Gasteiger partial charge in [0.05, 0.1) is 0 Å². The van der Waals surface area contributed by atoms with Gasteiger partial charge in [0.2, 0.25) is 0 Å². The quantitative estimate of drug-likeness (QED) is 0.860. The van der Waals surface area contributed by atoms with Crippen LogP contribution in [0.4, 0.5) is 4.79 Å². The van der Waals surface area contributed by atoms with E-state index in [9.17, 15) is 4.79 Å². The lowest BCUT2D eigenvalue weighted by Gasteiger charge is -2.37. The molecule has 2 aliphatic heterocycles. The van der Waals surface area contributed by atoms with Crippen molar-refractivity contribution >= 4 is 6.03 Å². The number of piperidine rings is 2. The highest BCUT2D eigenvalue weighted by Crippen LogP contribution is 2.23. The lowest BCUT2D eigenvalue weighted by Crippen LogP contribution is -2.48. The first-order valence-corrected chi connectivity index (χ1v) is 8.48. The molecule has 4 nitrogen and oxygen atoms in total. The Kier molecular flexibility index (Phi) is 4.49. The fourth-order valence-corrected chi connectivity index (χ4v) is 3.50. The van der Waals surface area contributed by atoms with Crippen LogP contribution in [0.3, 0.4) is 0 Å². The number of carbonyl (C=O) groups is 1. The lowest BCUT2D eigenvalue weighted by atomic mass is 9.94. The van der Waals surface area contributed by atoms with Crippen LogP contribution in [-0.4, -0.2) is 54.6 Å². The number of rotatable bonds is 3. The standard InChI is InChI=1S/C16H29N3O/c1-13-6-9-18(10-7-13)11-14-3-2-8-19(12-14)16(20)17-15-4-5-15/h13-15H,2-12H2,1H3,(H,17,20). The summed E-state index contributed by atoms with van der Waals surface area (Å²) in [7, 11) is 0. The van der Waals surface area contributed by atoms with Gasteiger partial charge in [-0.15, -0.1) is 0 Å². The minimum absolute atomic E-state index is 0.185. The van der Waals surface area contributed by atoms with Crippen molar-refractivity contribution in [3.8, 4) is 0 Å². The third-order valence-corrected chi connectivity index (χ3v) is 5.10. The zero-order valence-electron chi connectivity index (χ0n) is 12.8. The van der Waals surface area contributed by atoms with Crippen LogP contribution in [0.5, 0.6) is 0 Å². The molecule has 1 unspecified atom stereocenters. The summed E-state index contributed by atoms with van der Waals surface area (Å²) < 4.78 is 0. The van der Waals surface area contributed by atoms with Crippen molar-refractivity contribution < 1.29 is 4.79 Å². The van der Waals surface area contributed by atoms with E-state index < -0.39 is 0 Å².